The lowest BCUT2D eigenvalue weighted by atomic mass is 9.86. The van der Waals surface area contributed by atoms with Crippen LogP contribution in [0, 0.1) is 11.3 Å². The summed E-state index contributed by atoms with van der Waals surface area (Å²) in [6, 6.07) is 6.67. The molecular weight excluding hydrogens is 574 g/mol. The van der Waals surface area contributed by atoms with Crippen LogP contribution in [-0.2, 0) is 44.3 Å². The summed E-state index contributed by atoms with van der Waals surface area (Å²) in [6.45, 7) is 16.1. The molecule has 3 aromatic rings. The van der Waals surface area contributed by atoms with Gasteiger partial charge in [-0.05, 0) is 83.2 Å². The van der Waals surface area contributed by atoms with Crippen molar-refractivity contribution in [3.05, 3.63) is 56.9 Å². The summed E-state index contributed by atoms with van der Waals surface area (Å²) >= 11 is 0. The second-order valence-electron chi connectivity index (χ2n) is 13.5. The molecule has 0 saturated heterocycles. The summed E-state index contributed by atoms with van der Waals surface area (Å²) in [5.41, 5.74) is 0.234. The largest absolute Gasteiger partial charge is 0.460 e. The quantitative estimate of drug-likeness (QED) is 0.184. The van der Waals surface area contributed by atoms with E-state index in [0.717, 1.165) is 16.5 Å². The van der Waals surface area contributed by atoms with E-state index in [2.05, 4.69) is 5.32 Å². The van der Waals surface area contributed by atoms with Crippen molar-refractivity contribution in [1.29, 1.82) is 0 Å². The molecular formula is C35H45N3O7. The van der Waals surface area contributed by atoms with Crippen LogP contribution in [0.1, 0.15) is 97.4 Å². The molecule has 0 bridgehead atoms. The Bertz CT molecular complexity index is 1720. The van der Waals surface area contributed by atoms with Crippen molar-refractivity contribution >= 4 is 28.7 Å². The Balaban J connectivity index is 1.91. The first-order chi connectivity index (χ1) is 21.0. The first kappa shape index (κ1) is 33.8. The summed E-state index contributed by atoms with van der Waals surface area (Å²) in [5, 5.41) is 15.5. The average molecular weight is 620 g/mol. The Morgan fingerprint density at radius 3 is 2.33 bits per heavy atom. The SMILES string of the molecule is CCc1c2c(nc3ccc(OC(=O)CC(C)C)cc13)-c1cc([C@@](O)(CC)C(=O)NC(C)C)c(COC(=O)C(C)(C)C)c(=O)n1C2. The zero-order valence-electron chi connectivity index (χ0n) is 27.8. The van der Waals surface area contributed by atoms with Crippen LogP contribution in [0.5, 0.6) is 5.75 Å². The van der Waals surface area contributed by atoms with Gasteiger partial charge in [0.1, 0.15) is 12.4 Å². The van der Waals surface area contributed by atoms with Gasteiger partial charge in [0.25, 0.3) is 11.5 Å². The van der Waals surface area contributed by atoms with Crippen LogP contribution in [0.15, 0.2) is 29.1 Å². The van der Waals surface area contributed by atoms with Crippen LogP contribution in [-0.4, -0.2) is 38.5 Å². The molecule has 1 aromatic carbocycles. The monoisotopic (exact) mass is 619 g/mol. The van der Waals surface area contributed by atoms with Crippen LogP contribution in [0.3, 0.4) is 0 Å². The molecule has 0 aliphatic carbocycles. The number of ether oxygens (including phenoxy) is 2. The summed E-state index contributed by atoms with van der Waals surface area (Å²) < 4.78 is 12.7. The maximum atomic E-state index is 14.2. The number of aromatic nitrogens is 2. The minimum Gasteiger partial charge on any atom is -0.460 e. The van der Waals surface area contributed by atoms with Crippen molar-refractivity contribution in [2.75, 3.05) is 0 Å². The standard InChI is InChI=1S/C35H45N3O7/c1-10-22-23-15-21(45-29(39)14-19(3)4)12-13-27(23)37-30-24(22)17-38-28(30)16-26(35(43,11-2)32(41)36-20(5)6)25(31(38)40)18-44-33(42)34(7,8)9/h12-13,15-16,19-20,43H,10-11,14,17-18H2,1-9H3,(H,36,41)/t35-/m0/s1. The van der Waals surface area contributed by atoms with Crippen molar-refractivity contribution in [3.63, 3.8) is 0 Å². The molecule has 10 nitrogen and oxygen atoms in total. The molecule has 45 heavy (non-hydrogen) atoms. The molecule has 1 aliphatic heterocycles. The van der Waals surface area contributed by atoms with Crippen molar-refractivity contribution < 1.29 is 29.0 Å². The molecule has 1 amide bonds. The van der Waals surface area contributed by atoms with E-state index < -0.39 is 35.1 Å². The molecule has 4 rings (SSSR count). The molecule has 10 heteroatoms. The van der Waals surface area contributed by atoms with Gasteiger partial charge in [-0.25, -0.2) is 4.98 Å². The zero-order chi connectivity index (χ0) is 33.4. The highest BCUT2D eigenvalue weighted by Crippen LogP contribution is 2.39. The maximum absolute atomic E-state index is 14.2. The Kier molecular flexibility index (Phi) is 9.59. The number of carbonyl (C=O) groups excluding carboxylic acids is 3. The molecule has 2 N–H and O–H groups in total. The van der Waals surface area contributed by atoms with Gasteiger partial charge < -0.3 is 24.5 Å². The van der Waals surface area contributed by atoms with Crippen LogP contribution >= 0.6 is 0 Å². The van der Waals surface area contributed by atoms with E-state index in [1.54, 1.807) is 70.4 Å². The number of nitrogens with one attached hydrogen (secondary N) is 1. The number of hydrogen-bond acceptors (Lipinski definition) is 8. The van der Waals surface area contributed by atoms with E-state index in [1.165, 1.54) is 0 Å². The summed E-state index contributed by atoms with van der Waals surface area (Å²) in [5.74, 6) is -0.885. The third-order valence-corrected chi connectivity index (χ3v) is 8.01. The van der Waals surface area contributed by atoms with Gasteiger partial charge in [-0.3, -0.25) is 19.2 Å². The molecule has 0 saturated carbocycles. The fourth-order valence-electron chi connectivity index (χ4n) is 5.62. The van der Waals surface area contributed by atoms with Gasteiger partial charge in [-0.1, -0.05) is 27.7 Å². The molecule has 0 unspecified atom stereocenters. The Labute approximate surface area is 264 Å². The summed E-state index contributed by atoms with van der Waals surface area (Å²) in [6.07, 6.45) is 0.894. The number of esters is 2. The number of aliphatic hydroxyl groups is 1. The predicted molar refractivity (Wildman–Crippen MR) is 172 cm³/mol. The van der Waals surface area contributed by atoms with Gasteiger partial charge in [-0.2, -0.15) is 0 Å². The second-order valence-corrected chi connectivity index (χ2v) is 13.5. The van der Waals surface area contributed by atoms with Crippen molar-refractivity contribution in [2.45, 2.75) is 106 Å². The van der Waals surface area contributed by atoms with Gasteiger partial charge >= 0.3 is 11.9 Å². The number of carbonyl (C=O) groups is 3. The minimum absolute atomic E-state index is 0.0226. The Morgan fingerprint density at radius 2 is 1.76 bits per heavy atom. The van der Waals surface area contributed by atoms with Crippen molar-refractivity contribution in [3.8, 4) is 17.1 Å². The second kappa shape index (κ2) is 12.7. The minimum atomic E-state index is -2.07. The number of benzene rings is 1. The highest BCUT2D eigenvalue weighted by molar-refractivity contribution is 5.91. The predicted octanol–water partition coefficient (Wildman–Crippen LogP) is 5.15. The maximum Gasteiger partial charge on any atom is 0.311 e. The molecule has 1 aliphatic rings. The zero-order valence-corrected chi connectivity index (χ0v) is 27.8. The number of nitrogens with zero attached hydrogens (tertiary/aromatic N) is 2. The fourth-order valence-corrected chi connectivity index (χ4v) is 5.62. The number of rotatable bonds is 10. The van der Waals surface area contributed by atoms with Crippen LogP contribution in [0.2, 0.25) is 0 Å². The van der Waals surface area contributed by atoms with Crippen molar-refractivity contribution in [2.24, 2.45) is 11.3 Å². The number of hydrogen-bond donors (Lipinski definition) is 2. The number of pyridine rings is 2. The molecule has 0 fully saturated rings. The Hall–Kier alpha value is -4.05. The van der Waals surface area contributed by atoms with E-state index >= 15 is 0 Å². The summed E-state index contributed by atoms with van der Waals surface area (Å²) in [4.78, 5) is 57.7. The topological polar surface area (TPSA) is 137 Å². The van der Waals surface area contributed by atoms with Gasteiger partial charge in [0.15, 0.2) is 5.60 Å². The third-order valence-electron chi connectivity index (χ3n) is 8.01. The number of aryl methyl sites for hydroxylation is 1. The lowest BCUT2D eigenvalue weighted by Gasteiger charge is -2.30. The Morgan fingerprint density at radius 1 is 1.07 bits per heavy atom. The van der Waals surface area contributed by atoms with E-state index in [4.69, 9.17) is 14.5 Å². The van der Waals surface area contributed by atoms with Gasteiger partial charge in [0.2, 0.25) is 0 Å². The van der Waals surface area contributed by atoms with Crippen LogP contribution in [0.4, 0.5) is 0 Å². The number of fused-ring (bicyclic) bond motifs is 4. The molecule has 3 heterocycles. The highest BCUT2D eigenvalue weighted by atomic mass is 16.5. The van der Waals surface area contributed by atoms with E-state index in [0.29, 0.717) is 35.5 Å². The third kappa shape index (κ3) is 6.66. The van der Waals surface area contributed by atoms with Gasteiger partial charge in [0, 0.05) is 29.0 Å². The van der Waals surface area contributed by atoms with Gasteiger partial charge in [0.05, 0.1) is 34.4 Å². The first-order valence-electron chi connectivity index (χ1n) is 15.7. The molecule has 0 radical (unpaired) electrons. The smallest absolute Gasteiger partial charge is 0.311 e. The molecule has 0 spiro atoms. The lowest BCUT2D eigenvalue weighted by Crippen LogP contribution is -2.48. The van der Waals surface area contributed by atoms with E-state index in [-0.39, 0.29) is 42.0 Å². The first-order valence-corrected chi connectivity index (χ1v) is 15.7. The van der Waals surface area contributed by atoms with Crippen LogP contribution in [0.25, 0.3) is 22.3 Å². The van der Waals surface area contributed by atoms with Gasteiger partial charge in [-0.15, -0.1) is 0 Å². The van der Waals surface area contributed by atoms with E-state index in [1.807, 2.05) is 20.8 Å². The van der Waals surface area contributed by atoms with E-state index in [9.17, 15) is 24.3 Å². The fraction of sp³-hybridized carbons (Fsp3) is 0.514. The normalized spacial score (nSPS) is 13.9. The number of amides is 1. The highest BCUT2D eigenvalue weighted by Gasteiger charge is 2.41. The lowest BCUT2D eigenvalue weighted by molar-refractivity contribution is -0.154. The average Bonchev–Trinajstić information content (AvgIpc) is 3.31. The molecule has 2 aromatic heterocycles. The molecule has 1 atom stereocenters. The van der Waals surface area contributed by atoms with Crippen molar-refractivity contribution in [1.82, 2.24) is 14.9 Å². The summed E-state index contributed by atoms with van der Waals surface area (Å²) in [7, 11) is 0. The van der Waals surface area contributed by atoms with Crippen LogP contribution < -0.4 is 15.6 Å². The molecule has 242 valence electrons.